The standard InChI is InChI=1S/C17H20ClN3O3/c1-10-13(16(23)24-5)14(15(22)19-17(2,3)4)20-21(10)12-8-6-11(18)7-9-12/h6-9H,1-5H3,(H,19,22). The van der Waals surface area contributed by atoms with Crippen molar-refractivity contribution in [1.29, 1.82) is 0 Å². The van der Waals surface area contributed by atoms with Gasteiger partial charge in [0, 0.05) is 10.6 Å². The summed E-state index contributed by atoms with van der Waals surface area (Å²) in [5, 5.41) is 7.72. The fourth-order valence-corrected chi connectivity index (χ4v) is 2.37. The van der Waals surface area contributed by atoms with Gasteiger partial charge in [-0.3, -0.25) is 4.79 Å². The van der Waals surface area contributed by atoms with Crippen LogP contribution in [-0.4, -0.2) is 34.3 Å². The zero-order valence-electron chi connectivity index (χ0n) is 14.3. The van der Waals surface area contributed by atoms with Crippen molar-refractivity contribution in [2.75, 3.05) is 7.11 Å². The lowest BCUT2D eigenvalue weighted by atomic mass is 10.1. The van der Waals surface area contributed by atoms with Gasteiger partial charge in [-0.2, -0.15) is 5.10 Å². The quantitative estimate of drug-likeness (QED) is 0.864. The van der Waals surface area contributed by atoms with E-state index in [1.54, 1.807) is 31.2 Å². The summed E-state index contributed by atoms with van der Waals surface area (Å²) in [5.74, 6) is -1.04. The normalized spacial score (nSPS) is 11.2. The Hall–Kier alpha value is -2.34. The molecule has 2 rings (SSSR count). The maximum Gasteiger partial charge on any atom is 0.342 e. The maximum absolute atomic E-state index is 12.5. The molecule has 0 aliphatic rings. The van der Waals surface area contributed by atoms with Crippen molar-refractivity contribution in [3.05, 3.63) is 46.2 Å². The van der Waals surface area contributed by atoms with Crippen molar-refractivity contribution in [1.82, 2.24) is 15.1 Å². The number of carbonyl (C=O) groups is 2. The van der Waals surface area contributed by atoms with Gasteiger partial charge >= 0.3 is 5.97 Å². The predicted octanol–water partition coefficient (Wildman–Crippen LogP) is 3.15. The zero-order valence-corrected chi connectivity index (χ0v) is 15.1. The van der Waals surface area contributed by atoms with E-state index in [1.807, 2.05) is 20.8 Å². The number of methoxy groups -OCH3 is 1. The molecule has 0 atom stereocenters. The molecule has 1 N–H and O–H groups in total. The number of nitrogens with one attached hydrogen (secondary N) is 1. The van der Waals surface area contributed by atoms with E-state index in [4.69, 9.17) is 16.3 Å². The molecule has 128 valence electrons. The van der Waals surface area contributed by atoms with Crippen LogP contribution in [0.4, 0.5) is 0 Å². The van der Waals surface area contributed by atoms with Gasteiger partial charge in [-0.15, -0.1) is 0 Å². The number of aromatic nitrogens is 2. The summed E-state index contributed by atoms with van der Waals surface area (Å²) < 4.78 is 6.34. The molecular weight excluding hydrogens is 330 g/mol. The minimum atomic E-state index is -0.605. The fourth-order valence-electron chi connectivity index (χ4n) is 2.24. The van der Waals surface area contributed by atoms with Gasteiger partial charge in [0.25, 0.3) is 5.91 Å². The van der Waals surface area contributed by atoms with Crippen LogP contribution in [0, 0.1) is 6.92 Å². The summed E-state index contributed by atoms with van der Waals surface area (Å²) in [4.78, 5) is 24.7. The van der Waals surface area contributed by atoms with Gasteiger partial charge in [0.2, 0.25) is 0 Å². The van der Waals surface area contributed by atoms with Crippen molar-refractivity contribution in [2.45, 2.75) is 33.2 Å². The molecule has 2 aromatic rings. The highest BCUT2D eigenvalue weighted by Crippen LogP contribution is 2.21. The highest BCUT2D eigenvalue weighted by molar-refractivity contribution is 6.30. The Morgan fingerprint density at radius 3 is 2.29 bits per heavy atom. The van der Waals surface area contributed by atoms with Crippen LogP contribution in [0.25, 0.3) is 5.69 Å². The number of halogens is 1. The van der Waals surface area contributed by atoms with Gasteiger partial charge in [-0.1, -0.05) is 11.6 Å². The Kier molecular flexibility index (Phi) is 4.99. The highest BCUT2D eigenvalue weighted by atomic mass is 35.5. The first-order chi connectivity index (χ1) is 11.1. The largest absolute Gasteiger partial charge is 0.465 e. The van der Waals surface area contributed by atoms with E-state index < -0.39 is 17.4 Å². The van der Waals surface area contributed by atoms with Gasteiger partial charge in [-0.05, 0) is 52.0 Å². The molecule has 1 amide bonds. The van der Waals surface area contributed by atoms with E-state index in [1.165, 1.54) is 11.8 Å². The third-order valence-corrected chi connectivity index (χ3v) is 3.53. The van der Waals surface area contributed by atoms with Crippen molar-refractivity contribution < 1.29 is 14.3 Å². The molecule has 0 fully saturated rings. The summed E-state index contributed by atoms with van der Waals surface area (Å²) >= 11 is 5.90. The molecule has 0 unspecified atom stereocenters. The number of benzene rings is 1. The Balaban J connectivity index is 2.57. The number of esters is 1. The Morgan fingerprint density at radius 1 is 1.21 bits per heavy atom. The lowest BCUT2D eigenvalue weighted by molar-refractivity contribution is 0.0594. The maximum atomic E-state index is 12.5. The first-order valence-corrected chi connectivity index (χ1v) is 7.78. The lowest BCUT2D eigenvalue weighted by Gasteiger charge is -2.19. The summed E-state index contributed by atoms with van der Waals surface area (Å²) in [7, 11) is 1.27. The molecule has 1 aromatic heterocycles. The molecule has 0 aliphatic heterocycles. The topological polar surface area (TPSA) is 73.2 Å². The van der Waals surface area contributed by atoms with Gasteiger partial charge < -0.3 is 10.1 Å². The van der Waals surface area contributed by atoms with Gasteiger partial charge in [0.05, 0.1) is 18.5 Å². The summed E-state index contributed by atoms with van der Waals surface area (Å²) in [5.41, 5.74) is 0.932. The number of nitrogens with zero attached hydrogens (tertiary/aromatic N) is 2. The molecule has 6 nitrogen and oxygen atoms in total. The van der Waals surface area contributed by atoms with Gasteiger partial charge in [0.15, 0.2) is 5.69 Å². The van der Waals surface area contributed by atoms with Crippen LogP contribution >= 0.6 is 11.6 Å². The van der Waals surface area contributed by atoms with Crippen LogP contribution in [0.15, 0.2) is 24.3 Å². The highest BCUT2D eigenvalue weighted by Gasteiger charge is 2.29. The summed E-state index contributed by atoms with van der Waals surface area (Å²) in [6.45, 7) is 7.27. The summed E-state index contributed by atoms with van der Waals surface area (Å²) in [6, 6.07) is 6.94. The second-order valence-corrected chi connectivity index (χ2v) is 6.83. The van der Waals surface area contributed by atoms with E-state index in [9.17, 15) is 9.59 Å². The van der Waals surface area contributed by atoms with Crippen LogP contribution in [0.2, 0.25) is 5.02 Å². The second-order valence-electron chi connectivity index (χ2n) is 6.39. The third kappa shape index (κ3) is 3.76. The molecule has 24 heavy (non-hydrogen) atoms. The van der Waals surface area contributed by atoms with Crippen molar-refractivity contribution in [3.8, 4) is 5.69 Å². The number of hydrogen-bond donors (Lipinski definition) is 1. The van der Waals surface area contributed by atoms with Crippen LogP contribution in [0.1, 0.15) is 47.3 Å². The number of ether oxygens (including phenoxy) is 1. The number of hydrogen-bond acceptors (Lipinski definition) is 4. The molecule has 0 spiro atoms. The average Bonchev–Trinajstić information content (AvgIpc) is 2.83. The Labute approximate surface area is 145 Å². The monoisotopic (exact) mass is 349 g/mol. The average molecular weight is 350 g/mol. The van der Waals surface area contributed by atoms with Gasteiger partial charge in [-0.25, -0.2) is 9.48 Å². The molecular formula is C17H20ClN3O3. The third-order valence-electron chi connectivity index (χ3n) is 3.28. The van der Waals surface area contributed by atoms with Crippen LogP contribution in [-0.2, 0) is 4.74 Å². The zero-order chi connectivity index (χ0) is 18.1. The predicted molar refractivity (Wildman–Crippen MR) is 91.9 cm³/mol. The molecule has 0 bridgehead atoms. The second kappa shape index (κ2) is 6.65. The van der Waals surface area contributed by atoms with Crippen molar-refractivity contribution in [3.63, 3.8) is 0 Å². The van der Waals surface area contributed by atoms with Crippen molar-refractivity contribution >= 4 is 23.5 Å². The molecule has 1 heterocycles. The van der Waals surface area contributed by atoms with E-state index in [-0.39, 0.29) is 11.3 Å². The number of rotatable bonds is 3. The molecule has 7 heteroatoms. The van der Waals surface area contributed by atoms with E-state index in [0.29, 0.717) is 16.4 Å². The molecule has 1 aromatic carbocycles. The molecule has 0 radical (unpaired) electrons. The molecule has 0 aliphatic carbocycles. The van der Waals surface area contributed by atoms with Crippen molar-refractivity contribution in [2.24, 2.45) is 0 Å². The molecule has 0 saturated carbocycles. The first-order valence-electron chi connectivity index (χ1n) is 7.40. The van der Waals surface area contributed by atoms with Gasteiger partial charge in [0.1, 0.15) is 5.56 Å². The lowest BCUT2D eigenvalue weighted by Crippen LogP contribution is -2.41. The fraction of sp³-hybridized carbons (Fsp3) is 0.353. The Bertz CT molecular complexity index is 774. The first kappa shape index (κ1) is 18.0. The van der Waals surface area contributed by atoms with Crippen LogP contribution in [0.3, 0.4) is 0 Å². The minimum absolute atomic E-state index is 0.0317. The van der Waals surface area contributed by atoms with E-state index in [0.717, 1.165) is 0 Å². The minimum Gasteiger partial charge on any atom is -0.465 e. The number of amides is 1. The van der Waals surface area contributed by atoms with Crippen LogP contribution < -0.4 is 5.32 Å². The smallest absolute Gasteiger partial charge is 0.342 e. The summed E-state index contributed by atoms with van der Waals surface area (Å²) in [6.07, 6.45) is 0. The Morgan fingerprint density at radius 2 is 1.79 bits per heavy atom. The van der Waals surface area contributed by atoms with E-state index in [2.05, 4.69) is 10.4 Å². The molecule has 0 saturated heterocycles. The number of carbonyl (C=O) groups excluding carboxylic acids is 2. The SMILES string of the molecule is COC(=O)c1c(C(=O)NC(C)(C)C)nn(-c2ccc(Cl)cc2)c1C. The van der Waals surface area contributed by atoms with Crippen LogP contribution in [0.5, 0.6) is 0 Å². The van der Waals surface area contributed by atoms with E-state index >= 15 is 0 Å².